The molecule has 0 fully saturated rings. The molecule has 0 unspecified atom stereocenters. The lowest BCUT2D eigenvalue weighted by atomic mass is 9.97. The number of anilines is 3. The maximum absolute atomic E-state index is 11.5. The first-order valence-corrected chi connectivity index (χ1v) is 15.6. The first-order chi connectivity index (χ1) is 21.6. The fraction of sp³-hybridized carbons (Fsp3) is 0.0270. The van der Waals surface area contributed by atoms with Crippen LogP contribution in [0.5, 0.6) is 0 Å². The van der Waals surface area contributed by atoms with E-state index in [2.05, 4.69) is 105 Å². The molecule has 2 aromatic heterocycles. The van der Waals surface area contributed by atoms with Gasteiger partial charge in [0.25, 0.3) is 0 Å². The predicted molar refractivity (Wildman–Crippen MR) is 182 cm³/mol. The topological polar surface area (TPSA) is 63.2 Å². The SMILES string of the molecule is Cc1cc(-c2ccc(-c3cc(C=O)cc(C=O)c3)c3nsnc23)sc1-c1ccc(N(c2ccccc2)c2ccccc2)cc1. The van der Waals surface area contributed by atoms with E-state index in [4.69, 9.17) is 0 Å². The van der Waals surface area contributed by atoms with Crippen molar-refractivity contribution >= 4 is 63.7 Å². The molecule has 5 aromatic carbocycles. The number of aromatic nitrogens is 2. The van der Waals surface area contributed by atoms with Crippen LogP contribution in [0.15, 0.2) is 121 Å². The summed E-state index contributed by atoms with van der Waals surface area (Å²) >= 11 is 2.89. The molecule has 7 aromatic rings. The summed E-state index contributed by atoms with van der Waals surface area (Å²) in [5.41, 5.74) is 10.7. The smallest absolute Gasteiger partial charge is 0.150 e. The van der Waals surface area contributed by atoms with Crippen molar-refractivity contribution in [3.63, 3.8) is 0 Å². The number of carbonyl (C=O) groups excluding carboxylic acids is 2. The molecule has 0 aliphatic rings. The van der Waals surface area contributed by atoms with Crippen LogP contribution in [-0.4, -0.2) is 21.3 Å². The third-order valence-corrected chi connectivity index (χ3v) is 9.42. The van der Waals surface area contributed by atoms with Gasteiger partial charge in [0.1, 0.15) is 23.6 Å². The molecule has 0 saturated carbocycles. The Labute approximate surface area is 263 Å². The van der Waals surface area contributed by atoms with E-state index in [0.717, 1.165) is 79.5 Å². The number of benzene rings is 5. The second-order valence-electron chi connectivity index (χ2n) is 10.4. The Morgan fingerprint density at radius 3 is 1.73 bits per heavy atom. The highest BCUT2D eigenvalue weighted by Gasteiger charge is 2.18. The first kappa shape index (κ1) is 27.6. The zero-order valence-corrected chi connectivity index (χ0v) is 25.3. The Hall–Kier alpha value is -5.24. The standard InChI is InChI=1S/C37H25N3O2S2/c1-24-18-34(33-17-16-32(35-36(33)39-44-38-35)28-20-25(22-41)19-26(21-28)23-42)43-37(24)27-12-14-31(15-13-27)40(29-8-4-2-5-9-29)30-10-6-3-7-11-30/h2-23H,1H3. The minimum absolute atomic E-state index is 0.449. The summed E-state index contributed by atoms with van der Waals surface area (Å²) in [6, 6.07) is 40.9. The number of hydrogen-bond acceptors (Lipinski definition) is 7. The molecule has 212 valence electrons. The van der Waals surface area contributed by atoms with Crippen LogP contribution in [0.25, 0.3) is 43.0 Å². The van der Waals surface area contributed by atoms with Crippen LogP contribution in [0.3, 0.4) is 0 Å². The molecule has 0 N–H and O–H groups in total. The molecule has 0 aliphatic heterocycles. The van der Waals surface area contributed by atoms with Crippen molar-refractivity contribution in [2.75, 3.05) is 4.90 Å². The third-order valence-electron chi connectivity index (χ3n) is 7.58. The van der Waals surface area contributed by atoms with Crippen LogP contribution in [0.4, 0.5) is 17.1 Å². The van der Waals surface area contributed by atoms with Gasteiger partial charge in [-0.05, 0) is 84.3 Å². The zero-order chi connectivity index (χ0) is 30.0. The maximum Gasteiger partial charge on any atom is 0.150 e. The summed E-state index contributed by atoms with van der Waals surface area (Å²) in [6.45, 7) is 2.14. The van der Waals surface area contributed by atoms with Crippen LogP contribution in [0, 0.1) is 6.92 Å². The summed E-state index contributed by atoms with van der Waals surface area (Å²) < 4.78 is 9.27. The number of para-hydroxylation sites is 2. The van der Waals surface area contributed by atoms with Crippen LogP contribution in [0.2, 0.25) is 0 Å². The van der Waals surface area contributed by atoms with E-state index in [-0.39, 0.29) is 0 Å². The Bertz CT molecular complexity index is 2050. The van der Waals surface area contributed by atoms with Crippen molar-refractivity contribution in [2.24, 2.45) is 0 Å². The Kier molecular flexibility index (Phi) is 7.40. The molecule has 7 rings (SSSR count). The largest absolute Gasteiger partial charge is 0.311 e. The quantitative estimate of drug-likeness (QED) is 0.161. The molecule has 0 aliphatic carbocycles. The second kappa shape index (κ2) is 11.8. The molecule has 0 spiro atoms. The van der Waals surface area contributed by atoms with Crippen molar-refractivity contribution in [3.05, 3.63) is 138 Å². The summed E-state index contributed by atoms with van der Waals surface area (Å²) in [4.78, 5) is 27.6. The lowest BCUT2D eigenvalue weighted by Crippen LogP contribution is -2.09. The molecular weight excluding hydrogens is 583 g/mol. The van der Waals surface area contributed by atoms with Gasteiger partial charge in [-0.1, -0.05) is 60.7 Å². The van der Waals surface area contributed by atoms with E-state index in [0.29, 0.717) is 11.1 Å². The van der Waals surface area contributed by atoms with Crippen LogP contribution in [-0.2, 0) is 0 Å². The zero-order valence-electron chi connectivity index (χ0n) is 23.7. The molecule has 0 bridgehead atoms. The van der Waals surface area contributed by atoms with E-state index in [9.17, 15) is 9.59 Å². The molecule has 7 heteroatoms. The van der Waals surface area contributed by atoms with Gasteiger partial charge in [0.15, 0.2) is 0 Å². The Morgan fingerprint density at radius 1 is 0.591 bits per heavy atom. The molecule has 44 heavy (non-hydrogen) atoms. The Morgan fingerprint density at radius 2 is 1.14 bits per heavy atom. The second-order valence-corrected chi connectivity index (χ2v) is 12.0. The molecule has 2 heterocycles. The van der Waals surface area contributed by atoms with Crippen molar-refractivity contribution in [1.82, 2.24) is 8.75 Å². The van der Waals surface area contributed by atoms with Gasteiger partial charge >= 0.3 is 0 Å². The Balaban J connectivity index is 1.25. The fourth-order valence-corrected chi connectivity index (χ4v) is 7.31. The van der Waals surface area contributed by atoms with E-state index < -0.39 is 0 Å². The molecule has 0 amide bonds. The van der Waals surface area contributed by atoms with Crippen molar-refractivity contribution < 1.29 is 9.59 Å². The minimum atomic E-state index is 0.449. The number of thiophene rings is 1. The summed E-state index contributed by atoms with van der Waals surface area (Å²) in [5.74, 6) is 0. The van der Waals surface area contributed by atoms with Gasteiger partial charge in [-0.3, -0.25) is 9.59 Å². The van der Waals surface area contributed by atoms with Crippen LogP contribution < -0.4 is 4.90 Å². The highest BCUT2D eigenvalue weighted by Crippen LogP contribution is 2.43. The monoisotopic (exact) mass is 607 g/mol. The van der Waals surface area contributed by atoms with E-state index in [1.165, 1.54) is 10.4 Å². The number of nitrogens with zero attached hydrogens (tertiary/aromatic N) is 3. The lowest BCUT2D eigenvalue weighted by molar-refractivity contribution is 0.112. The van der Waals surface area contributed by atoms with Crippen molar-refractivity contribution in [3.8, 4) is 32.0 Å². The molecule has 5 nitrogen and oxygen atoms in total. The van der Waals surface area contributed by atoms with Gasteiger partial charge in [0.05, 0.1) is 11.7 Å². The lowest BCUT2D eigenvalue weighted by Gasteiger charge is -2.25. The fourth-order valence-electron chi connectivity index (χ4n) is 5.53. The maximum atomic E-state index is 11.5. The summed E-state index contributed by atoms with van der Waals surface area (Å²) in [6.07, 6.45) is 1.51. The summed E-state index contributed by atoms with van der Waals surface area (Å²) in [7, 11) is 0. The van der Waals surface area contributed by atoms with Gasteiger partial charge in [0, 0.05) is 49.1 Å². The van der Waals surface area contributed by atoms with Crippen molar-refractivity contribution in [1.29, 1.82) is 0 Å². The minimum Gasteiger partial charge on any atom is -0.311 e. The first-order valence-electron chi connectivity index (χ1n) is 14.1. The van der Waals surface area contributed by atoms with E-state index in [1.807, 2.05) is 18.2 Å². The number of aryl methyl sites for hydroxylation is 1. The molecule has 0 atom stereocenters. The number of aldehydes is 2. The number of rotatable bonds is 8. The van der Waals surface area contributed by atoms with Crippen molar-refractivity contribution in [2.45, 2.75) is 6.92 Å². The average molecular weight is 608 g/mol. The highest BCUT2D eigenvalue weighted by molar-refractivity contribution is 7.19. The van der Waals surface area contributed by atoms with Gasteiger partial charge in [-0.15, -0.1) is 11.3 Å². The van der Waals surface area contributed by atoms with E-state index >= 15 is 0 Å². The van der Waals surface area contributed by atoms with Gasteiger partial charge in [0.2, 0.25) is 0 Å². The number of fused-ring (bicyclic) bond motifs is 1. The summed E-state index contributed by atoms with van der Waals surface area (Å²) in [5, 5.41) is 0. The third kappa shape index (κ3) is 5.13. The number of carbonyl (C=O) groups is 2. The predicted octanol–water partition coefficient (Wildman–Crippen LogP) is 10.2. The van der Waals surface area contributed by atoms with Crippen LogP contribution in [0.1, 0.15) is 26.3 Å². The molecular formula is C37H25N3O2S2. The van der Waals surface area contributed by atoms with E-state index in [1.54, 1.807) is 29.5 Å². The van der Waals surface area contributed by atoms with Gasteiger partial charge < -0.3 is 4.90 Å². The molecule has 0 saturated heterocycles. The van der Waals surface area contributed by atoms with Gasteiger partial charge in [-0.2, -0.15) is 8.75 Å². The normalized spacial score (nSPS) is 11.0. The highest BCUT2D eigenvalue weighted by atomic mass is 32.1. The number of hydrogen-bond donors (Lipinski definition) is 0. The average Bonchev–Trinajstić information content (AvgIpc) is 3.73. The van der Waals surface area contributed by atoms with Gasteiger partial charge in [-0.25, -0.2) is 0 Å². The van der Waals surface area contributed by atoms with Crippen LogP contribution >= 0.6 is 23.1 Å². The molecule has 0 radical (unpaired) electrons.